The Morgan fingerprint density at radius 2 is 2.22 bits per heavy atom. The SMILES string of the molecule is OC1(CNCCc2ccc3c(c2)CCO3)CCC1. The van der Waals surface area contributed by atoms with Gasteiger partial charge in [-0.15, -0.1) is 0 Å². The van der Waals surface area contributed by atoms with Crippen molar-refractivity contribution in [3.05, 3.63) is 29.3 Å². The molecule has 1 fully saturated rings. The first-order valence-electron chi connectivity index (χ1n) is 6.93. The zero-order chi connectivity index (χ0) is 12.4. The topological polar surface area (TPSA) is 41.5 Å². The Morgan fingerprint density at radius 3 is 3.00 bits per heavy atom. The van der Waals surface area contributed by atoms with E-state index < -0.39 is 5.60 Å². The summed E-state index contributed by atoms with van der Waals surface area (Å²) in [5.41, 5.74) is 2.28. The van der Waals surface area contributed by atoms with Gasteiger partial charge in [-0.25, -0.2) is 0 Å². The molecular formula is C15H21NO2. The van der Waals surface area contributed by atoms with Gasteiger partial charge in [0.25, 0.3) is 0 Å². The molecule has 0 radical (unpaired) electrons. The molecular weight excluding hydrogens is 226 g/mol. The van der Waals surface area contributed by atoms with Gasteiger partial charge in [0.1, 0.15) is 5.75 Å². The zero-order valence-electron chi connectivity index (χ0n) is 10.7. The van der Waals surface area contributed by atoms with Crippen LogP contribution >= 0.6 is 0 Å². The normalized spacial score (nSPS) is 20.1. The third-order valence-electron chi connectivity index (χ3n) is 4.08. The fourth-order valence-corrected chi connectivity index (χ4v) is 2.71. The van der Waals surface area contributed by atoms with Crippen LogP contribution in [0.2, 0.25) is 0 Å². The van der Waals surface area contributed by atoms with Gasteiger partial charge in [-0.05, 0) is 49.4 Å². The largest absolute Gasteiger partial charge is 0.493 e. The molecule has 3 heteroatoms. The van der Waals surface area contributed by atoms with Gasteiger partial charge in [0.2, 0.25) is 0 Å². The maximum Gasteiger partial charge on any atom is 0.122 e. The lowest BCUT2D eigenvalue weighted by atomic mass is 9.80. The number of nitrogens with one attached hydrogen (secondary N) is 1. The predicted octanol–water partition coefficient (Wildman–Crippen LogP) is 1.67. The third kappa shape index (κ3) is 2.52. The summed E-state index contributed by atoms with van der Waals surface area (Å²) in [6, 6.07) is 6.48. The van der Waals surface area contributed by atoms with Crippen molar-refractivity contribution >= 4 is 0 Å². The Bertz CT molecular complexity index is 427. The van der Waals surface area contributed by atoms with Crippen LogP contribution in [-0.2, 0) is 12.8 Å². The molecule has 18 heavy (non-hydrogen) atoms. The predicted molar refractivity (Wildman–Crippen MR) is 71.0 cm³/mol. The van der Waals surface area contributed by atoms with E-state index in [1.807, 2.05) is 0 Å². The number of fused-ring (bicyclic) bond motifs is 1. The minimum absolute atomic E-state index is 0.411. The monoisotopic (exact) mass is 247 g/mol. The molecule has 2 N–H and O–H groups in total. The van der Waals surface area contributed by atoms with E-state index in [0.717, 1.165) is 51.1 Å². The standard InChI is InChI=1S/C15H21NO2/c17-15(6-1-7-15)11-16-8-4-12-2-3-14-13(10-12)5-9-18-14/h2-3,10,16-17H,1,4-9,11H2. The molecule has 2 aliphatic rings. The Morgan fingerprint density at radius 1 is 1.33 bits per heavy atom. The van der Waals surface area contributed by atoms with Crippen LogP contribution in [0.5, 0.6) is 5.75 Å². The fraction of sp³-hybridized carbons (Fsp3) is 0.600. The molecule has 0 amide bonds. The van der Waals surface area contributed by atoms with Crippen molar-refractivity contribution in [1.29, 1.82) is 0 Å². The zero-order valence-corrected chi connectivity index (χ0v) is 10.7. The van der Waals surface area contributed by atoms with Crippen LogP contribution < -0.4 is 10.1 Å². The third-order valence-corrected chi connectivity index (χ3v) is 4.08. The summed E-state index contributed by atoms with van der Waals surface area (Å²) < 4.78 is 5.50. The number of benzene rings is 1. The van der Waals surface area contributed by atoms with E-state index in [1.165, 1.54) is 17.5 Å². The molecule has 0 saturated heterocycles. The lowest BCUT2D eigenvalue weighted by molar-refractivity contribution is -0.0310. The molecule has 0 spiro atoms. The molecule has 1 aromatic carbocycles. The van der Waals surface area contributed by atoms with E-state index in [9.17, 15) is 5.11 Å². The molecule has 1 aliphatic heterocycles. The average molecular weight is 247 g/mol. The summed E-state index contributed by atoms with van der Waals surface area (Å²) in [6.45, 7) is 2.49. The fourth-order valence-electron chi connectivity index (χ4n) is 2.71. The maximum absolute atomic E-state index is 9.96. The summed E-state index contributed by atoms with van der Waals surface area (Å²) in [7, 11) is 0. The summed E-state index contributed by atoms with van der Waals surface area (Å²) in [4.78, 5) is 0. The van der Waals surface area contributed by atoms with Crippen molar-refractivity contribution in [2.45, 2.75) is 37.7 Å². The van der Waals surface area contributed by atoms with Crippen molar-refractivity contribution < 1.29 is 9.84 Å². The van der Waals surface area contributed by atoms with Gasteiger partial charge in [0.15, 0.2) is 0 Å². The van der Waals surface area contributed by atoms with Crippen LogP contribution in [0.3, 0.4) is 0 Å². The van der Waals surface area contributed by atoms with Gasteiger partial charge in [0.05, 0.1) is 12.2 Å². The molecule has 0 unspecified atom stereocenters. The van der Waals surface area contributed by atoms with E-state index in [0.29, 0.717) is 0 Å². The number of hydrogen-bond acceptors (Lipinski definition) is 3. The summed E-state index contributed by atoms with van der Waals surface area (Å²) in [6.07, 6.45) is 5.13. The van der Waals surface area contributed by atoms with Gasteiger partial charge in [0, 0.05) is 13.0 Å². The minimum atomic E-state index is -0.411. The van der Waals surface area contributed by atoms with Crippen LogP contribution in [0, 0.1) is 0 Å². The molecule has 1 aromatic rings. The smallest absolute Gasteiger partial charge is 0.122 e. The van der Waals surface area contributed by atoms with Gasteiger partial charge in [-0.1, -0.05) is 12.1 Å². The molecule has 0 bridgehead atoms. The summed E-state index contributed by atoms with van der Waals surface area (Å²) in [5, 5.41) is 13.3. The molecule has 1 heterocycles. The van der Waals surface area contributed by atoms with Crippen molar-refractivity contribution in [2.24, 2.45) is 0 Å². The highest BCUT2D eigenvalue weighted by atomic mass is 16.5. The van der Waals surface area contributed by atoms with Crippen molar-refractivity contribution in [2.75, 3.05) is 19.7 Å². The number of aliphatic hydroxyl groups is 1. The average Bonchev–Trinajstić information content (AvgIpc) is 2.79. The molecule has 0 aromatic heterocycles. The molecule has 3 rings (SSSR count). The van der Waals surface area contributed by atoms with E-state index in [4.69, 9.17) is 4.74 Å². The summed E-state index contributed by atoms with van der Waals surface area (Å²) >= 11 is 0. The van der Waals surface area contributed by atoms with Crippen molar-refractivity contribution in [3.8, 4) is 5.75 Å². The first-order chi connectivity index (χ1) is 8.75. The Hall–Kier alpha value is -1.06. The van der Waals surface area contributed by atoms with Crippen LogP contribution in [0.4, 0.5) is 0 Å². The van der Waals surface area contributed by atoms with Crippen LogP contribution in [0.1, 0.15) is 30.4 Å². The Labute approximate surface area is 108 Å². The Balaban J connectivity index is 1.45. The second kappa shape index (κ2) is 4.90. The van der Waals surface area contributed by atoms with Gasteiger partial charge in [-0.2, -0.15) is 0 Å². The quantitative estimate of drug-likeness (QED) is 0.778. The van der Waals surface area contributed by atoms with E-state index >= 15 is 0 Å². The molecule has 98 valence electrons. The Kier molecular flexibility index (Phi) is 3.27. The van der Waals surface area contributed by atoms with Crippen LogP contribution in [-0.4, -0.2) is 30.4 Å². The molecule has 0 atom stereocenters. The summed E-state index contributed by atoms with van der Waals surface area (Å²) in [5.74, 6) is 1.05. The van der Waals surface area contributed by atoms with Gasteiger partial charge in [-0.3, -0.25) is 0 Å². The van der Waals surface area contributed by atoms with Gasteiger partial charge < -0.3 is 15.2 Å². The lowest BCUT2D eigenvalue weighted by Gasteiger charge is -2.36. The first kappa shape index (κ1) is 12.0. The first-order valence-corrected chi connectivity index (χ1v) is 6.93. The second-order valence-corrected chi connectivity index (χ2v) is 5.55. The highest BCUT2D eigenvalue weighted by Gasteiger charge is 2.33. The van der Waals surface area contributed by atoms with Crippen LogP contribution in [0.15, 0.2) is 18.2 Å². The van der Waals surface area contributed by atoms with E-state index in [2.05, 4.69) is 23.5 Å². The number of hydrogen-bond donors (Lipinski definition) is 2. The minimum Gasteiger partial charge on any atom is -0.493 e. The van der Waals surface area contributed by atoms with E-state index in [1.54, 1.807) is 0 Å². The highest BCUT2D eigenvalue weighted by Crippen LogP contribution is 2.30. The molecule has 3 nitrogen and oxygen atoms in total. The number of rotatable bonds is 5. The second-order valence-electron chi connectivity index (χ2n) is 5.55. The van der Waals surface area contributed by atoms with Gasteiger partial charge >= 0.3 is 0 Å². The lowest BCUT2D eigenvalue weighted by Crippen LogP contribution is -2.46. The number of ether oxygens (including phenoxy) is 1. The van der Waals surface area contributed by atoms with E-state index in [-0.39, 0.29) is 0 Å². The highest BCUT2D eigenvalue weighted by molar-refractivity contribution is 5.39. The maximum atomic E-state index is 9.96. The van der Waals surface area contributed by atoms with Crippen molar-refractivity contribution in [3.63, 3.8) is 0 Å². The molecule has 1 aliphatic carbocycles. The molecule has 1 saturated carbocycles. The van der Waals surface area contributed by atoms with Crippen LogP contribution in [0.25, 0.3) is 0 Å². The van der Waals surface area contributed by atoms with Crippen molar-refractivity contribution in [1.82, 2.24) is 5.32 Å².